The molecule has 1 saturated carbocycles. The van der Waals surface area contributed by atoms with Crippen molar-refractivity contribution in [1.82, 2.24) is 25.2 Å². The first-order chi connectivity index (χ1) is 17.6. The monoisotopic (exact) mass is 488 g/mol. The lowest BCUT2D eigenvalue weighted by Gasteiger charge is -2.50. The minimum Gasteiger partial charge on any atom is -0.365 e. The Balaban J connectivity index is 1.11. The molecule has 4 aliphatic heterocycles. The highest BCUT2D eigenvalue weighted by molar-refractivity contribution is 5.93. The highest BCUT2D eigenvalue weighted by atomic mass is 16.5. The van der Waals surface area contributed by atoms with Crippen LogP contribution in [-0.2, 0) is 9.53 Å². The molecule has 1 amide bonds. The SMILES string of the molecule is C[C@H]1CN2CCN(c3ccc(Nc4ncc5c(n4)N4C(C=C5)C(=O)NCC45CCCC5)nc3)C[C@H]2O1. The predicted molar refractivity (Wildman–Crippen MR) is 137 cm³/mol. The van der Waals surface area contributed by atoms with Gasteiger partial charge >= 0.3 is 0 Å². The maximum atomic E-state index is 12.7. The molecule has 0 bridgehead atoms. The van der Waals surface area contributed by atoms with Crippen molar-refractivity contribution >= 4 is 35.3 Å². The maximum absolute atomic E-state index is 12.7. The van der Waals surface area contributed by atoms with Crippen LogP contribution in [0, 0.1) is 0 Å². The van der Waals surface area contributed by atoms with Crippen molar-refractivity contribution in [3.05, 3.63) is 36.2 Å². The Kier molecular flexibility index (Phi) is 5.14. The number of carbonyl (C=O) groups excluding carboxylic acids is 1. The van der Waals surface area contributed by atoms with Gasteiger partial charge in [0.05, 0.1) is 30.1 Å². The quantitative estimate of drug-likeness (QED) is 0.673. The van der Waals surface area contributed by atoms with Crippen LogP contribution >= 0.6 is 0 Å². The average Bonchev–Trinajstić information content (AvgIpc) is 3.52. The second kappa shape index (κ2) is 8.41. The molecule has 0 radical (unpaired) electrons. The Bertz CT molecular complexity index is 1190. The molecule has 2 aromatic heterocycles. The third kappa shape index (κ3) is 3.62. The van der Waals surface area contributed by atoms with Crippen molar-refractivity contribution in [2.75, 3.05) is 47.8 Å². The number of carbonyl (C=O) groups is 1. The number of ether oxygens (including phenoxy) is 1. The van der Waals surface area contributed by atoms with Crippen molar-refractivity contribution in [2.45, 2.75) is 56.5 Å². The standard InChI is InChI=1S/C26H32N8O2/c1-17-14-33-11-10-32(15-22(33)36-17)19-5-7-21(27-13-19)30-25-28-12-18-4-6-20-24(35)29-16-26(8-2-3-9-26)34(20)23(18)31-25/h4-7,12-13,17,20,22H,2-3,8-11,14-16H2,1H3,(H,29,35)(H,27,28,30,31)/t17-,20?,22+/m0/s1. The number of rotatable bonds is 3. The fourth-order valence-corrected chi connectivity index (χ4v) is 6.55. The number of anilines is 4. The van der Waals surface area contributed by atoms with Crippen molar-refractivity contribution in [3.63, 3.8) is 0 Å². The average molecular weight is 489 g/mol. The molecule has 0 aromatic carbocycles. The smallest absolute Gasteiger partial charge is 0.246 e. The van der Waals surface area contributed by atoms with Gasteiger partial charge in [0, 0.05) is 37.9 Å². The lowest BCUT2D eigenvalue weighted by atomic mass is 9.87. The van der Waals surface area contributed by atoms with E-state index in [1.165, 1.54) is 12.8 Å². The molecule has 4 fully saturated rings. The van der Waals surface area contributed by atoms with Crippen LogP contribution in [0.4, 0.5) is 23.3 Å². The minimum atomic E-state index is -0.322. The fraction of sp³-hybridized carbons (Fsp3) is 0.538. The third-order valence-electron chi connectivity index (χ3n) is 8.34. The number of hydrogen-bond acceptors (Lipinski definition) is 9. The lowest BCUT2D eigenvalue weighted by molar-refractivity contribution is -0.123. The lowest BCUT2D eigenvalue weighted by Crippen LogP contribution is -2.67. The summed E-state index contributed by atoms with van der Waals surface area (Å²) >= 11 is 0. The summed E-state index contributed by atoms with van der Waals surface area (Å²) in [5.41, 5.74) is 1.96. The van der Waals surface area contributed by atoms with Crippen LogP contribution in [0.15, 0.2) is 30.6 Å². The van der Waals surface area contributed by atoms with E-state index in [0.717, 1.165) is 56.1 Å². The van der Waals surface area contributed by atoms with Crippen molar-refractivity contribution in [2.24, 2.45) is 0 Å². The number of pyridine rings is 1. The Morgan fingerprint density at radius 1 is 1.14 bits per heavy atom. The summed E-state index contributed by atoms with van der Waals surface area (Å²) in [6.07, 6.45) is 12.6. The molecular weight excluding hydrogens is 456 g/mol. The first kappa shape index (κ1) is 22.0. The van der Waals surface area contributed by atoms with Crippen molar-refractivity contribution in [3.8, 4) is 0 Å². The van der Waals surface area contributed by atoms with Crippen LogP contribution in [0.1, 0.15) is 38.2 Å². The van der Waals surface area contributed by atoms with E-state index in [1.807, 2.05) is 30.6 Å². The summed E-state index contributed by atoms with van der Waals surface area (Å²) < 4.78 is 6.05. The summed E-state index contributed by atoms with van der Waals surface area (Å²) in [4.78, 5) is 33.8. The number of aromatic nitrogens is 3. The van der Waals surface area contributed by atoms with E-state index in [0.29, 0.717) is 24.4 Å². The maximum Gasteiger partial charge on any atom is 0.246 e. The molecule has 5 aliphatic rings. The molecule has 10 nitrogen and oxygen atoms in total. The predicted octanol–water partition coefficient (Wildman–Crippen LogP) is 2.13. The second-order valence-electron chi connectivity index (χ2n) is 10.7. The van der Waals surface area contributed by atoms with E-state index >= 15 is 0 Å². The Morgan fingerprint density at radius 3 is 2.86 bits per heavy atom. The Hall–Kier alpha value is -3.24. The van der Waals surface area contributed by atoms with Gasteiger partial charge in [-0.05, 0) is 31.9 Å². The van der Waals surface area contributed by atoms with Crippen LogP contribution in [0.25, 0.3) is 6.08 Å². The molecular formula is C26H32N8O2. The van der Waals surface area contributed by atoms with Gasteiger partial charge in [0.25, 0.3) is 0 Å². The number of nitrogens with zero attached hydrogens (tertiary/aromatic N) is 6. The topological polar surface area (TPSA) is 98.8 Å². The van der Waals surface area contributed by atoms with E-state index < -0.39 is 0 Å². The highest BCUT2D eigenvalue weighted by Gasteiger charge is 2.50. The van der Waals surface area contributed by atoms with Crippen LogP contribution < -0.4 is 20.4 Å². The van der Waals surface area contributed by atoms with Crippen LogP contribution in [0.2, 0.25) is 0 Å². The van der Waals surface area contributed by atoms with Gasteiger partial charge in [0.15, 0.2) is 0 Å². The highest BCUT2D eigenvalue weighted by Crippen LogP contribution is 2.44. The molecule has 3 atom stereocenters. The van der Waals surface area contributed by atoms with Gasteiger partial charge in [-0.15, -0.1) is 0 Å². The number of piperazine rings is 2. The molecule has 3 saturated heterocycles. The molecule has 6 heterocycles. The molecule has 10 heteroatoms. The number of hydrogen-bond donors (Lipinski definition) is 2. The zero-order chi connectivity index (χ0) is 24.3. The Morgan fingerprint density at radius 2 is 2.03 bits per heavy atom. The van der Waals surface area contributed by atoms with Gasteiger partial charge in [0.2, 0.25) is 11.9 Å². The van der Waals surface area contributed by atoms with E-state index in [4.69, 9.17) is 9.72 Å². The van der Waals surface area contributed by atoms with Gasteiger partial charge < -0.3 is 25.2 Å². The number of nitrogens with one attached hydrogen (secondary N) is 2. The van der Waals surface area contributed by atoms with E-state index in [1.54, 1.807) is 0 Å². The summed E-state index contributed by atoms with van der Waals surface area (Å²) in [5.74, 6) is 2.05. The van der Waals surface area contributed by atoms with Crippen LogP contribution in [0.5, 0.6) is 0 Å². The molecule has 1 spiro atoms. The van der Waals surface area contributed by atoms with Crippen LogP contribution in [0.3, 0.4) is 0 Å². The van der Waals surface area contributed by atoms with Gasteiger partial charge in [-0.1, -0.05) is 25.0 Å². The summed E-state index contributed by atoms with van der Waals surface area (Å²) in [5, 5.41) is 6.41. The zero-order valence-corrected chi connectivity index (χ0v) is 20.6. The van der Waals surface area contributed by atoms with E-state index in [9.17, 15) is 4.79 Å². The normalized spacial score (nSPS) is 28.6. The summed E-state index contributed by atoms with van der Waals surface area (Å²) in [7, 11) is 0. The largest absolute Gasteiger partial charge is 0.365 e. The second-order valence-corrected chi connectivity index (χ2v) is 10.7. The van der Waals surface area contributed by atoms with Gasteiger partial charge in [0.1, 0.15) is 23.9 Å². The minimum absolute atomic E-state index is 0.0399. The molecule has 2 aromatic rings. The molecule has 188 valence electrons. The summed E-state index contributed by atoms with van der Waals surface area (Å²) in [6.45, 7) is 6.65. The van der Waals surface area contributed by atoms with Gasteiger partial charge in [-0.3, -0.25) is 9.69 Å². The van der Waals surface area contributed by atoms with Crippen molar-refractivity contribution in [1.29, 1.82) is 0 Å². The fourth-order valence-electron chi connectivity index (χ4n) is 6.55. The molecule has 1 unspecified atom stereocenters. The number of fused-ring (bicyclic) bond motifs is 5. The third-order valence-corrected chi connectivity index (χ3v) is 8.34. The summed E-state index contributed by atoms with van der Waals surface area (Å²) in [6, 6.07) is 3.73. The van der Waals surface area contributed by atoms with Crippen molar-refractivity contribution < 1.29 is 9.53 Å². The molecule has 36 heavy (non-hydrogen) atoms. The molecule has 1 aliphatic carbocycles. The number of amides is 1. The zero-order valence-electron chi connectivity index (χ0n) is 20.6. The Labute approximate surface area is 210 Å². The molecule has 2 N–H and O–H groups in total. The first-order valence-electron chi connectivity index (χ1n) is 13.1. The molecule has 7 rings (SSSR count). The van der Waals surface area contributed by atoms with Gasteiger partial charge in [-0.25, -0.2) is 9.97 Å². The first-order valence-corrected chi connectivity index (χ1v) is 13.1. The van der Waals surface area contributed by atoms with Crippen LogP contribution in [-0.4, -0.2) is 82.4 Å². The van der Waals surface area contributed by atoms with E-state index in [2.05, 4.69) is 48.3 Å². The van der Waals surface area contributed by atoms with Gasteiger partial charge in [-0.2, -0.15) is 4.98 Å². The van der Waals surface area contributed by atoms with E-state index in [-0.39, 0.29) is 23.7 Å².